The van der Waals surface area contributed by atoms with Crippen molar-refractivity contribution in [1.29, 1.82) is 0 Å². The van der Waals surface area contributed by atoms with E-state index in [0.29, 0.717) is 6.42 Å². The van der Waals surface area contributed by atoms with Crippen LogP contribution in [0.2, 0.25) is 0 Å². The molecule has 4 atom stereocenters. The summed E-state index contributed by atoms with van der Waals surface area (Å²) < 4.78 is 33.7. The maximum absolute atomic E-state index is 11.8. The van der Waals surface area contributed by atoms with Crippen LogP contribution < -0.4 is 5.73 Å². The SMILES string of the molecule is C=C(N)C(=O)OC(C)C1OS(=O)(=O)CC(C)CC1C. The van der Waals surface area contributed by atoms with Crippen LogP contribution in [0.3, 0.4) is 0 Å². The van der Waals surface area contributed by atoms with E-state index in [1.807, 2.05) is 13.8 Å². The minimum atomic E-state index is -3.60. The standard InChI is InChI=1S/C12H21NO5S/c1-7-5-8(2)11(18-19(15,16)6-7)10(4)17-12(14)9(3)13/h7-8,10-11H,3,5-6,13H2,1-2,4H3. The van der Waals surface area contributed by atoms with Crippen LogP contribution in [0, 0.1) is 11.8 Å². The fourth-order valence-electron chi connectivity index (χ4n) is 2.34. The van der Waals surface area contributed by atoms with Gasteiger partial charge in [-0.05, 0) is 25.2 Å². The van der Waals surface area contributed by atoms with E-state index in [1.165, 1.54) is 0 Å². The molecule has 1 aliphatic rings. The summed E-state index contributed by atoms with van der Waals surface area (Å²) in [6.45, 7) is 8.60. The predicted octanol–water partition coefficient (Wildman–Crippen LogP) is 0.781. The molecule has 0 aromatic carbocycles. The Morgan fingerprint density at radius 3 is 2.58 bits per heavy atom. The molecule has 1 heterocycles. The van der Waals surface area contributed by atoms with Gasteiger partial charge in [-0.1, -0.05) is 20.4 Å². The molecular formula is C12H21NO5S. The highest BCUT2D eigenvalue weighted by atomic mass is 32.2. The van der Waals surface area contributed by atoms with Crippen LogP contribution in [0.25, 0.3) is 0 Å². The van der Waals surface area contributed by atoms with Crippen molar-refractivity contribution in [1.82, 2.24) is 0 Å². The Balaban J connectivity index is 2.84. The Hall–Kier alpha value is -1.08. The van der Waals surface area contributed by atoms with Crippen molar-refractivity contribution in [3.05, 3.63) is 12.3 Å². The number of nitrogens with two attached hydrogens (primary N) is 1. The van der Waals surface area contributed by atoms with Gasteiger partial charge in [0, 0.05) is 0 Å². The normalized spacial score (nSPS) is 32.1. The molecule has 0 spiro atoms. The van der Waals surface area contributed by atoms with Crippen molar-refractivity contribution in [3.8, 4) is 0 Å². The van der Waals surface area contributed by atoms with E-state index < -0.39 is 28.3 Å². The van der Waals surface area contributed by atoms with Crippen molar-refractivity contribution in [2.24, 2.45) is 17.6 Å². The summed E-state index contributed by atoms with van der Waals surface area (Å²) in [5.41, 5.74) is 5.01. The lowest BCUT2D eigenvalue weighted by atomic mass is 9.91. The average molecular weight is 291 g/mol. The Morgan fingerprint density at radius 1 is 1.47 bits per heavy atom. The molecule has 2 N–H and O–H groups in total. The molecule has 1 fully saturated rings. The summed E-state index contributed by atoms with van der Waals surface area (Å²) in [4.78, 5) is 11.4. The van der Waals surface area contributed by atoms with Crippen LogP contribution in [0.15, 0.2) is 12.3 Å². The highest BCUT2D eigenvalue weighted by molar-refractivity contribution is 7.86. The summed E-state index contributed by atoms with van der Waals surface area (Å²) in [6, 6.07) is 0. The van der Waals surface area contributed by atoms with E-state index in [0.717, 1.165) is 0 Å². The molecule has 0 aromatic heterocycles. The number of carbonyl (C=O) groups excluding carboxylic acids is 1. The molecule has 0 bridgehead atoms. The third-order valence-corrected chi connectivity index (χ3v) is 4.59. The quantitative estimate of drug-likeness (QED) is 0.469. The lowest BCUT2D eigenvalue weighted by Gasteiger charge is -2.26. The van der Waals surface area contributed by atoms with E-state index in [4.69, 9.17) is 14.7 Å². The molecule has 4 unspecified atom stereocenters. The molecular weight excluding hydrogens is 270 g/mol. The van der Waals surface area contributed by atoms with Gasteiger partial charge < -0.3 is 10.5 Å². The Labute approximate surface area is 114 Å². The van der Waals surface area contributed by atoms with Crippen LogP contribution in [0.1, 0.15) is 27.2 Å². The van der Waals surface area contributed by atoms with Crippen molar-refractivity contribution >= 4 is 16.1 Å². The van der Waals surface area contributed by atoms with Gasteiger partial charge in [0.15, 0.2) is 0 Å². The monoisotopic (exact) mass is 291 g/mol. The van der Waals surface area contributed by atoms with E-state index in [1.54, 1.807) is 6.92 Å². The van der Waals surface area contributed by atoms with Crippen LogP contribution in [-0.4, -0.2) is 32.3 Å². The van der Waals surface area contributed by atoms with Crippen LogP contribution in [0.4, 0.5) is 0 Å². The minimum absolute atomic E-state index is 0.0115. The second kappa shape index (κ2) is 5.92. The van der Waals surface area contributed by atoms with Gasteiger partial charge in [-0.2, -0.15) is 8.42 Å². The number of esters is 1. The zero-order valence-corrected chi connectivity index (χ0v) is 12.3. The van der Waals surface area contributed by atoms with Crippen molar-refractivity contribution in [3.63, 3.8) is 0 Å². The lowest BCUT2D eigenvalue weighted by Crippen LogP contribution is -2.37. The fourth-order valence-corrected chi connectivity index (χ4v) is 3.94. The van der Waals surface area contributed by atoms with Crippen LogP contribution in [0.5, 0.6) is 0 Å². The van der Waals surface area contributed by atoms with Crippen molar-refractivity contribution in [2.75, 3.05) is 5.75 Å². The van der Waals surface area contributed by atoms with E-state index in [9.17, 15) is 13.2 Å². The molecule has 0 aromatic rings. The minimum Gasteiger partial charge on any atom is -0.455 e. The van der Waals surface area contributed by atoms with Crippen LogP contribution >= 0.6 is 0 Å². The third-order valence-electron chi connectivity index (χ3n) is 3.10. The lowest BCUT2D eigenvalue weighted by molar-refractivity contribution is -0.149. The topological polar surface area (TPSA) is 95.7 Å². The molecule has 6 nitrogen and oxygen atoms in total. The van der Waals surface area contributed by atoms with Gasteiger partial charge in [-0.25, -0.2) is 4.79 Å². The van der Waals surface area contributed by atoms with E-state index in [-0.39, 0.29) is 23.3 Å². The van der Waals surface area contributed by atoms with Gasteiger partial charge in [0.1, 0.15) is 17.9 Å². The highest BCUT2D eigenvalue weighted by Gasteiger charge is 2.37. The smallest absolute Gasteiger partial charge is 0.353 e. The maximum Gasteiger partial charge on any atom is 0.353 e. The fraction of sp³-hybridized carbons (Fsp3) is 0.750. The molecule has 0 aliphatic carbocycles. The van der Waals surface area contributed by atoms with Gasteiger partial charge in [-0.3, -0.25) is 4.18 Å². The molecule has 0 amide bonds. The average Bonchev–Trinajstić information content (AvgIpc) is 2.33. The highest BCUT2D eigenvalue weighted by Crippen LogP contribution is 2.28. The Bertz CT molecular complexity index is 459. The Kier molecular flexibility index (Phi) is 4.98. The molecule has 1 rings (SSSR count). The molecule has 19 heavy (non-hydrogen) atoms. The predicted molar refractivity (Wildman–Crippen MR) is 70.5 cm³/mol. The summed E-state index contributed by atoms with van der Waals surface area (Å²) in [6.07, 6.45) is -0.712. The molecule has 7 heteroatoms. The van der Waals surface area contributed by atoms with Crippen molar-refractivity contribution in [2.45, 2.75) is 39.4 Å². The van der Waals surface area contributed by atoms with Gasteiger partial charge in [0.05, 0.1) is 5.75 Å². The first-order valence-corrected chi connectivity index (χ1v) is 7.76. The van der Waals surface area contributed by atoms with Crippen molar-refractivity contribution < 1.29 is 22.1 Å². The first kappa shape index (κ1) is 16.0. The number of ether oxygens (including phenoxy) is 1. The molecule has 0 radical (unpaired) electrons. The Morgan fingerprint density at radius 2 is 2.05 bits per heavy atom. The molecule has 0 saturated carbocycles. The zero-order valence-electron chi connectivity index (χ0n) is 11.5. The summed E-state index contributed by atoms with van der Waals surface area (Å²) in [5, 5.41) is 0. The molecule has 110 valence electrons. The largest absolute Gasteiger partial charge is 0.455 e. The second-order valence-electron chi connectivity index (χ2n) is 5.24. The van der Waals surface area contributed by atoms with E-state index >= 15 is 0 Å². The summed E-state index contributed by atoms with van der Waals surface area (Å²) >= 11 is 0. The maximum atomic E-state index is 11.8. The molecule has 1 aliphatic heterocycles. The third kappa shape index (κ3) is 4.50. The van der Waals surface area contributed by atoms with Crippen LogP contribution in [-0.2, 0) is 23.8 Å². The van der Waals surface area contributed by atoms with Gasteiger partial charge in [0.25, 0.3) is 10.1 Å². The zero-order chi connectivity index (χ0) is 14.8. The van der Waals surface area contributed by atoms with Gasteiger partial charge in [0.2, 0.25) is 0 Å². The molecule has 1 saturated heterocycles. The number of rotatable bonds is 3. The summed E-state index contributed by atoms with van der Waals surface area (Å²) in [7, 11) is -3.60. The summed E-state index contributed by atoms with van der Waals surface area (Å²) in [5.74, 6) is -0.797. The number of hydrogen-bond donors (Lipinski definition) is 1. The van der Waals surface area contributed by atoms with Gasteiger partial charge >= 0.3 is 5.97 Å². The second-order valence-corrected chi connectivity index (χ2v) is 6.88. The number of hydrogen-bond acceptors (Lipinski definition) is 6. The van der Waals surface area contributed by atoms with Gasteiger partial charge in [-0.15, -0.1) is 0 Å². The first-order chi connectivity index (χ1) is 8.62. The van der Waals surface area contributed by atoms with E-state index in [2.05, 4.69) is 6.58 Å². The first-order valence-electron chi connectivity index (χ1n) is 6.18. The number of carbonyl (C=O) groups is 1.